The van der Waals surface area contributed by atoms with Gasteiger partial charge in [0.1, 0.15) is 40.0 Å². The lowest BCUT2D eigenvalue weighted by Crippen LogP contribution is -2.00. The van der Waals surface area contributed by atoms with Gasteiger partial charge in [-0.05, 0) is 116 Å². The van der Waals surface area contributed by atoms with Crippen LogP contribution in [0.2, 0.25) is 5.15 Å². The van der Waals surface area contributed by atoms with E-state index in [0.29, 0.717) is 34.0 Å². The van der Waals surface area contributed by atoms with E-state index >= 15 is 0 Å². The number of benzene rings is 4. The Morgan fingerprint density at radius 3 is 1.65 bits per heavy atom. The second-order valence-corrected chi connectivity index (χ2v) is 15.4. The second-order valence-electron chi connectivity index (χ2n) is 15.0. The Labute approximate surface area is 338 Å². The average molecular weight is 773 g/mol. The van der Waals surface area contributed by atoms with E-state index in [-0.39, 0.29) is 0 Å². The van der Waals surface area contributed by atoms with Crippen LogP contribution in [0.1, 0.15) is 91.3 Å². The highest BCUT2D eigenvalue weighted by Gasteiger charge is 2.23. The van der Waals surface area contributed by atoms with Crippen molar-refractivity contribution in [1.29, 1.82) is 5.26 Å². The SMILES string of the molecule is Cc1ccccc1Oc1ccc(-c2cc(C3CCCC3)nc(Cl)c2C#N)cc1.Cc1ccccc1Oc1ccc(-c2cc(C3CCCC3)nc3n[nH]c(N)c23)cc1. The molecule has 0 unspecified atom stereocenters. The lowest BCUT2D eigenvalue weighted by atomic mass is 9.96. The first kappa shape index (κ1) is 37.7. The number of pyridine rings is 2. The summed E-state index contributed by atoms with van der Waals surface area (Å²) in [6, 6.07) is 38.3. The number of ether oxygens (including phenoxy) is 2. The van der Waals surface area contributed by atoms with E-state index in [1.807, 2.05) is 105 Å². The maximum atomic E-state index is 9.60. The van der Waals surface area contributed by atoms with Crippen LogP contribution in [0.3, 0.4) is 0 Å². The number of nitrogens with two attached hydrogens (primary N) is 1. The fourth-order valence-corrected chi connectivity index (χ4v) is 8.26. The minimum absolute atomic E-state index is 0.294. The summed E-state index contributed by atoms with van der Waals surface area (Å²) in [6.07, 6.45) is 9.66. The lowest BCUT2D eigenvalue weighted by Gasteiger charge is -2.14. The van der Waals surface area contributed by atoms with Gasteiger partial charge in [0.2, 0.25) is 0 Å². The Morgan fingerprint density at radius 1 is 0.667 bits per heavy atom. The third-order valence-corrected chi connectivity index (χ3v) is 11.5. The highest BCUT2D eigenvalue weighted by Crippen LogP contribution is 2.40. The van der Waals surface area contributed by atoms with Crippen LogP contribution < -0.4 is 15.2 Å². The first-order valence-electron chi connectivity index (χ1n) is 19.8. The highest BCUT2D eigenvalue weighted by atomic mass is 35.5. The molecule has 4 aromatic carbocycles. The summed E-state index contributed by atoms with van der Waals surface area (Å²) < 4.78 is 12.0. The standard InChI is InChI=1S/C24H21ClN2O.C24H24N4O/c1-16-6-2-5-9-23(16)28-19-12-10-17(11-13-19)20-14-22(18-7-3-4-8-18)27-24(25)21(20)15-26;1-15-6-2-5-9-21(15)29-18-12-10-16(11-13-18)19-14-20(17-7-3-4-8-17)26-24-22(19)23(25)27-28-24/h2,5-6,9-14,18H,3-4,7-8H2,1H3;2,5-6,9-14,17H,3-4,7-8H2,1H3,(H3,25,26,27,28). The van der Waals surface area contributed by atoms with Crippen molar-refractivity contribution in [3.8, 4) is 51.3 Å². The minimum atomic E-state index is 0.294. The third-order valence-electron chi connectivity index (χ3n) is 11.2. The smallest absolute Gasteiger partial charge is 0.183 e. The van der Waals surface area contributed by atoms with E-state index in [9.17, 15) is 5.26 Å². The van der Waals surface area contributed by atoms with E-state index in [1.165, 1.54) is 38.5 Å². The highest BCUT2D eigenvalue weighted by molar-refractivity contribution is 6.31. The van der Waals surface area contributed by atoms with E-state index < -0.39 is 0 Å². The number of aromatic amines is 1. The molecule has 3 aromatic heterocycles. The average Bonchev–Trinajstić information content (AvgIpc) is 4.04. The molecule has 2 aliphatic rings. The van der Waals surface area contributed by atoms with Crippen LogP contribution >= 0.6 is 11.6 Å². The molecule has 2 aliphatic carbocycles. The van der Waals surface area contributed by atoms with E-state index in [1.54, 1.807) is 0 Å². The summed E-state index contributed by atoms with van der Waals surface area (Å²) in [5.41, 5.74) is 15.6. The number of H-pyrrole nitrogens is 1. The van der Waals surface area contributed by atoms with Crippen LogP contribution in [0.5, 0.6) is 23.0 Å². The Kier molecular flexibility index (Phi) is 11.2. The molecule has 0 radical (unpaired) electrons. The van der Waals surface area contributed by atoms with Gasteiger partial charge < -0.3 is 15.2 Å². The number of nitrogen functional groups attached to an aromatic ring is 1. The largest absolute Gasteiger partial charge is 0.457 e. The van der Waals surface area contributed by atoms with Crippen molar-refractivity contribution in [2.75, 3.05) is 5.73 Å². The first-order chi connectivity index (χ1) is 27.8. The summed E-state index contributed by atoms with van der Waals surface area (Å²) in [6.45, 7) is 4.07. The number of nitrogens with zero attached hydrogens (tertiary/aromatic N) is 4. The molecule has 0 amide bonds. The molecule has 0 aliphatic heterocycles. The zero-order chi connectivity index (χ0) is 39.3. The van der Waals surface area contributed by atoms with Crippen molar-refractivity contribution >= 4 is 28.5 Å². The molecule has 2 saturated carbocycles. The molecule has 7 aromatic rings. The monoisotopic (exact) mass is 772 g/mol. The number of aryl methyl sites for hydroxylation is 2. The molecule has 0 bridgehead atoms. The number of halogens is 1. The van der Waals surface area contributed by atoms with Gasteiger partial charge in [0, 0.05) is 28.8 Å². The fourth-order valence-electron chi connectivity index (χ4n) is 8.02. The summed E-state index contributed by atoms with van der Waals surface area (Å²) in [4.78, 5) is 9.31. The zero-order valence-corrected chi connectivity index (χ0v) is 33.0. The van der Waals surface area contributed by atoms with Crippen LogP contribution in [-0.4, -0.2) is 20.2 Å². The molecular weight excluding hydrogens is 728 g/mol. The molecule has 0 saturated heterocycles. The van der Waals surface area contributed by atoms with Gasteiger partial charge in [-0.15, -0.1) is 0 Å². The van der Waals surface area contributed by atoms with Crippen LogP contribution in [-0.2, 0) is 0 Å². The molecule has 9 heteroatoms. The molecule has 8 nitrogen and oxygen atoms in total. The molecular formula is C48H45ClN6O2. The van der Waals surface area contributed by atoms with Gasteiger partial charge in [0.25, 0.3) is 0 Å². The van der Waals surface area contributed by atoms with E-state index in [4.69, 9.17) is 31.8 Å². The Bertz CT molecular complexity index is 2550. The molecule has 2 fully saturated rings. The first-order valence-corrected chi connectivity index (χ1v) is 20.1. The molecule has 286 valence electrons. The number of fused-ring (bicyclic) bond motifs is 1. The van der Waals surface area contributed by atoms with Crippen molar-refractivity contribution in [3.63, 3.8) is 0 Å². The molecule has 3 heterocycles. The van der Waals surface area contributed by atoms with Crippen molar-refractivity contribution in [2.45, 2.75) is 77.0 Å². The Morgan fingerprint density at radius 2 is 1.14 bits per heavy atom. The zero-order valence-electron chi connectivity index (χ0n) is 32.3. The van der Waals surface area contributed by atoms with Gasteiger partial charge in [-0.1, -0.05) is 97.9 Å². The van der Waals surface area contributed by atoms with Gasteiger partial charge in [0.05, 0.1) is 10.9 Å². The summed E-state index contributed by atoms with van der Waals surface area (Å²) in [5, 5.41) is 18.0. The normalized spacial score (nSPS) is 14.3. The summed E-state index contributed by atoms with van der Waals surface area (Å²) in [5.74, 6) is 4.78. The summed E-state index contributed by atoms with van der Waals surface area (Å²) in [7, 11) is 0. The topological polar surface area (TPSA) is 123 Å². The van der Waals surface area contributed by atoms with Gasteiger partial charge in [-0.3, -0.25) is 5.10 Å². The fraction of sp³-hybridized carbons (Fsp3) is 0.250. The van der Waals surface area contributed by atoms with Crippen LogP contribution in [0.15, 0.2) is 109 Å². The summed E-state index contributed by atoms with van der Waals surface area (Å²) >= 11 is 6.36. The number of rotatable bonds is 8. The van der Waals surface area contributed by atoms with Crippen LogP contribution in [0.25, 0.3) is 33.3 Å². The van der Waals surface area contributed by atoms with Gasteiger partial charge in [-0.2, -0.15) is 10.4 Å². The maximum absolute atomic E-state index is 9.60. The minimum Gasteiger partial charge on any atom is -0.457 e. The Hall–Kier alpha value is -6.17. The Balaban J connectivity index is 0.000000160. The van der Waals surface area contributed by atoms with Crippen LogP contribution in [0.4, 0.5) is 5.82 Å². The molecule has 3 N–H and O–H groups in total. The van der Waals surface area contributed by atoms with E-state index in [0.717, 1.165) is 86.0 Å². The number of para-hydroxylation sites is 2. The molecule has 0 spiro atoms. The van der Waals surface area contributed by atoms with Gasteiger partial charge in [-0.25, -0.2) is 9.97 Å². The predicted octanol–water partition coefficient (Wildman–Crippen LogP) is 13.0. The van der Waals surface area contributed by atoms with Crippen molar-refractivity contribution in [3.05, 3.63) is 142 Å². The number of aromatic nitrogens is 4. The molecule has 57 heavy (non-hydrogen) atoms. The quantitative estimate of drug-likeness (QED) is 0.147. The number of hydrogen-bond acceptors (Lipinski definition) is 7. The molecule has 0 atom stereocenters. The van der Waals surface area contributed by atoms with Gasteiger partial charge in [0.15, 0.2) is 5.65 Å². The van der Waals surface area contributed by atoms with E-state index in [2.05, 4.69) is 39.4 Å². The number of anilines is 1. The lowest BCUT2D eigenvalue weighted by molar-refractivity contribution is 0.479. The predicted molar refractivity (Wildman–Crippen MR) is 228 cm³/mol. The number of hydrogen-bond donors (Lipinski definition) is 2. The van der Waals surface area contributed by atoms with Crippen molar-refractivity contribution < 1.29 is 9.47 Å². The van der Waals surface area contributed by atoms with Crippen molar-refractivity contribution in [2.24, 2.45) is 0 Å². The number of nitriles is 1. The van der Waals surface area contributed by atoms with Gasteiger partial charge >= 0.3 is 0 Å². The molecule has 9 rings (SSSR count). The second kappa shape index (κ2) is 16.9. The van der Waals surface area contributed by atoms with Crippen molar-refractivity contribution in [1.82, 2.24) is 20.2 Å². The third kappa shape index (κ3) is 8.35. The number of nitrogens with one attached hydrogen (secondary N) is 1. The maximum Gasteiger partial charge on any atom is 0.183 e. The van der Waals surface area contributed by atoms with Crippen LogP contribution in [0, 0.1) is 25.2 Å².